The fraction of sp³-hybridized carbons (Fsp3) is 0.368. The molecule has 0 radical (unpaired) electrons. The summed E-state index contributed by atoms with van der Waals surface area (Å²) in [5.74, 6) is 1.70. The smallest absolute Gasteiger partial charge is 0.251 e. The van der Waals surface area contributed by atoms with Crippen LogP contribution >= 0.6 is 11.6 Å². The monoisotopic (exact) mass is 359 g/mol. The average Bonchev–Trinajstić information content (AvgIpc) is 2.65. The lowest BCUT2D eigenvalue weighted by atomic mass is 9.96. The summed E-state index contributed by atoms with van der Waals surface area (Å²) < 4.78 is 5.69. The molecule has 2 aromatic rings. The van der Waals surface area contributed by atoms with Gasteiger partial charge in [-0.2, -0.15) is 0 Å². The largest absolute Gasteiger partial charge is 0.456 e. The number of ether oxygens (including phenoxy) is 1. The summed E-state index contributed by atoms with van der Waals surface area (Å²) in [6.45, 7) is 2.83. The maximum absolute atomic E-state index is 12.3. The predicted octanol–water partition coefficient (Wildman–Crippen LogP) is 3.65. The second-order valence-corrected chi connectivity index (χ2v) is 6.59. The number of pyridine rings is 1. The zero-order valence-corrected chi connectivity index (χ0v) is 14.8. The fourth-order valence-corrected chi connectivity index (χ4v) is 3.14. The van der Waals surface area contributed by atoms with Crippen molar-refractivity contribution in [2.24, 2.45) is 5.92 Å². The van der Waals surface area contributed by atoms with Crippen LogP contribution < -0.4 is 15.4 Å². The summed E-state index contributed by atoms with van der Waals surface area (Å²) in [4.78, 5) is 16.2. The van der Waals surface area contributed by atoms with Gasteiger partial charge >= 0.3 is 0 Å². The lowest BCUT2D eigenvalue weighted by Gasteiger charge is -2.22. The Balaban J connectivity index is 1.53. The van der Waals surface area contributed by atoms with Crippen LogP contribution in [-0.2, 0) is 0 Å². The molecule has 1 aromatic heterocycles. The lowest BCUT2D eigenvalue weighted by Crippen LogP contribution is -2.33. The molecule has 0 saturated carbocycles. The minimum Gasteiger partial charge on any atom is -0.456 e. The third kappa shape index (κ3) is 5.18. The molecule has 0 spiro atoms. The van der Waals surface area contributed by atoms with E-state index in [-0.39, 0.29) is 5.91 Å². The Bertz CT molecular complexity index is 703. The highest BCUT2D eigenvalue weighted by Crippen LogP contribution is 2.29. The van der Waals surface area contributed by atoms with Crippen LogP contribution in [0.1, 0.15) is 29.6 Å². The number of nitrogens with one attached hydrogen (secondary N) is 2. The standard InChI is InChI=1S/C19H22ClN3O2/c20-17-12-15(3-4-18(17)25-16-6-9-21-10-7-16)19(24)23-11-5-14-2-1-8-22-13-14/h3-4,6-7,9-10,12,14,22H,1-2,5,8,11,13H2,(H,23,24). The van der Waals surface area contributed by atoms with E-state index < -0.39 is 0 Å². The van der Waals surface area contributed by atoms with Crippen molar-refractivity contribution in [1.29, 1.82) is 0 Å². The van der Waals surface area contributed by atoms with Gasteiger partial charge in [-0.25, -0.2) is 0 Å². The quantitative estimate of drug-likeness (QED) is 0.826. The van der Waals surface area contributed by atoms with Gasteiger partial charge in [-0.1, -0.05) is 11.6 Å². The Morgan fingerprint density at radius 3 is 2.88 bits per heavy atom. The number of piperidine rings is 1. The van der Waals surface area contributed by atoms with Crippen molar-refractivity contribution in [3.63, 3.8) is 0 Å². The van der Waals surface area contributed by atoms with E-state index in [0.717, 1.165) is 19.5 Å². The molecule has 3 rings (SSSR count). The van der Waals surface area contributed by atoms with Gasteiger partial charge in [-0.15, -0.1) is 0 Å². The molecule has 25 heavy (non-hydrogen) atoms. The third-order valence-electron chi connectivity index (χ3n) is 4.31. The van der Waals surface area contributed by atoms with E-state index in [0.29, 0.717) is 34.5 Å². The molecule has 1 saturated heterocycles. The van der Waals surface area contributed by atoms with Gasteiger partial charge in [0.25, 0.3) is 5.91 Å². The van der Waals surface area contributed by atoms with E-state index in [2.05, 4.69) is 15.6 Å². The van der Waals surface area contributed by atoms with Crippen molar-refractivity contribution >= 4 is 17.5 Å². The molecule has 1 unspecified atom stereocenters. The highest BCUT2D eigenvalue weighted by Gasteiger charge is 2.14. The topological polar surface area (TPSA) is 63.2 Å². The predicted molar refractivity (Wildman–Crippen MR) is 98.3 cm³/mol. The lowest BCUT2D eigenvalue weighted by molar-refractivity contribution is 0.0950. The Morgan fingerprint density at radius 1 is 1.32 bits per heavy atom. The molecule has 1 fully saturated rings. The van der Waals surface area contributed by atoms with Crippen LogP contribution in [0, 0.1) is 5.92 Å². The molecular weight excluding hydrogens is 338 g/mol. The summed E-state index contributed by atoms with van der Waals surface area (Å²) in [5, 5.41) is 6.76. The third-order valence-corrected chi connectivity index (χ3v) is 4.60. The number of carbonyl (C=O) groups excluding carboxylic acids is 1. The molecule has 1 atom stereocenters. The Morgan fingerprint density at radius 2 is 2.16 bits per heavy atom. The minimum absolute atomic E-state index is 0.110. The number of nitrogens with zero attached hydrogens (tertiary/aromatic N) is 1. The van der Waals surface area contributed by atoms with E-state index in [1.165, 1.54) is 12.8 Å². The first-order valence-electron chi connectivity index (χ1n) is 8.59. The molecule has 0 aliphatic carbocycles. The summed E-state index contributed by atoms with van der Waals surface area (Å²) in [6.07, 6.45) is 6.73. The minimum atomic E-state index is -0.110. The molecule has 1 aliphatic rings. The van der Waals surface area contributed by atoms with Gasteiger partial charge < -0.3 is 15.4 Å². The van der Waals surface area contributed by atoms with Crippen molar-refractivity contribution in [3.8, 4) is 11.5 Å². The fourth-order valence-electron chi connectivity index (χ4n) is 2.92. The van der Waals surface area contributed by atoms with Crippen LogP contribution in [0.4, 0.5) is 0 Å². The Labute approximate surface area is 152 Å². The highest BCUT2D eigenvalue weighted by molar-refractivity contribution is 6.32. The van der Waals surface area contributed by atoms with Crippen LogP contribution in [0.5, 0.6) is 11.5 Å². The van der Waals surface area contributed by atoms with E-state index in [1.807, 2.05) is 0 Å². The number of benzene rings is 1. The van der Waals surface area contributed by atoms with Crippen LogP contribution in [0.15, 0.2) is 42.7 Å². The number of rotatable bonds is 6. The van der Waals surface area contributed by atoms with Crippen LogP contribution in [0.3, 0.4) is 0 Å². The number of halogens is 1. The molecule has 6 heteroatoms. The number of carbonyl (C=O) groups is 1. The van der Waals surface area contributed by atoms with Crippen molar-refractivity contribution in [2.75, 3.05) is 19.6 Å². The first kappa shape index (κ1) is 17.7. The van der Waals surface area contributed by atoms with Gasteiger partial charge in [0.05, 0.1) is 5.02 Å². The summed E-state index contributed by atoms with van der Waals surface area (Å²) >= 11 is 6.25. The van der Waals surface area contributed by atoms with Crippen LogP contribution in [0.25, 0.3) is 0 Å². The van der Waals surface area contributed by atoms with E-state index in [1.54, 1.807) is 42.7 Å². The van der Waals surface area contributed by atoms with Crippen molar-refractivity contribution in [3.05, 3.63) is 53.3 Å². The average molecular weight is 360 g/mol. The summed E-state index contributed by atoms with van der Waals surface area (Å²) in [5.41, 5.74) is 0.536. The second kappa shape index (κ2) is 8.83. The molecule has 0 bridgehead atoms. The zero-order valence-electron chi connectivity index (χ0n) is 14.0. The first-order chi connectivity index (χ1) is 12.2. The van der Waals surface area contributed by atoms with E-state index >= 15 is 0 Å². The highest BCUT2D eigenvalue weighted by atomic mass is 35.5. The maximum atomic E-state index is 12.3. The zero-order chi connectivity index (χ0) is 17.5. The second-order valence-electron chi connectivity index (χ2n) is 6.19. The SMILES string of the molecule is O=C(NCCC1CCCNC1)c1ccc(Oc2ccncc2)c(Cl)c1. The molecule has 1 aromatic carbocycles. The first-order valence-corrected chi connectivity index (χ1v) is 8.96. The molecule has 1 amide bonds. The van der Waals surface area contributed by atoms with Gasteiger partial charge in [-0.05, 0) is 68.6 Å². The van der Waals surface area contributed by atoms with Gasteiger partial charge in [-0.3, -0.25) is 9.78 Å². The molecular formula is C19H22ClN3O2. The van der Waals surface area contributed by atoms with Crippen molar-refractivity contribution in [2.45, 2.75) is 19.3 Å². The Kier molecular flexibility index (Phi) is 6.25. The van der Waals surface area contributed by atoms with Crippen LogP contribution in [-0.4, -0.2) is 30.5 Å². The Hall–Kier alpha value is -2.11. The van der Waals surface area contributed by atoms with Crippen LogP contribution in [0.2, 0.25) is 5.02 Å². The molecule has 5 nitrogen and oxygen atoms in total. The molecule has 2 N–H and O–H groups in total. The number of amides is 1. The van der Waals surface area contributed by atoms with E-state index in [4.69, 9.17) is 16.3 Å². The van der Waals surface area contributed by atoms with Gasteiger partial charge in [0.15, 0.2) is 0 Å². The maximum Gasteiger partial charge on any atom is 0.251 e. The molecule has 1 aliphatic heterocycles. The summed E-state index contributed by atoms with van der Waals surface area (Å²) in [7, 11) is 0. The van der Waals surface area contributed by atoms with E-state index in [9.17, 15) is 4.79 Å². The molecule has 132 valence electrons. The number of hydrogen-bond donors (Lipinski definition) is 2. The number of aromatic nitrogens is 1. The molecule has 2 heterocycles. The van der Waals surface area contributed by atoms with Crippen molar-refractivity contribution in [1.82, 2.24) is 15.6 Å². The normalized spacial score (nSPS) is 17.1. The van der Waals surface area contributed by atoms with Crippen molar-refractivity contribution < 1.29 is 9.53 Å². The summed E-state index contributed by atoms with van der Waals surface area (Å²) in [6, 6.07) is 8.56. The van der Waals surface area contributed by atoms with Gasteiger partial charge in [0.1, 0.15) is 11.5 Å². The van der Waals surface area contributed by atoms with Gasteiger partial charge in [0, 0.05) is 24.5 Å². The number of hydrogen-bond acceptors (Lipinski definition) is 4. The van der Waals surface area contributed by atoms with Gasteiger partial charge in [0.2, 0.25) is 0 Å².